The number of ether oxygens (including phenoxy) is 1. The molecule has 0 aliphatic heterocycles. The Kier molecular flexibility index (Phi) is 6.40. The number of rotatable bonds is 7. The molecule has 3 aromatic rings. The van der Waals surface area contributed by atoms with Crippen molar-refractivity contribution in [3.05, 3.63) is 77.8 Å². The summed E-state index contributed by atoms with van der Waals surface area (Å²) in [5.41, 5.74) is 3.79. The molecule has 144 valence electrons. The lowest BCUT2D eigenvalue weighted by atomic mass is 10.2. The number of nitrogens with zero attached hydrogens (tertiary/aromatic N) is 1. The maximum Gasteiger partial charge on any atom is 0.262 e. The molecule has 3 aromatic carbocycles. The molecule has 0 aliphatic rings. The van der Waals surface area contributed by atoms with Crippen LogP contribution < -0.4 is 20.3 Å². The third kappa shape index (κ3) is 5.66. The van der Waals surface area contributed by atoms with Gasteiger partial charge >= 0.3 is 0 Å². The number of halogens is 1. The topological polar surface area (TPSA) is 53.6 Å². The minimum Gasteiger partial charge on any atom is -0.484 e. The van der Waals surface area contributed by atoms with E-state index >= 15 is 0 Å². The molecule has 0 fully saturated rings. The van der Waals surface area contributed by atoms with Gasteiger partial charge in [0.05, 0.1) is 0 Å². The minimum atomic E-state index is -0.227. The molecule has 0 heterocycles. The van der Waals surface area contributed by atoms with Gasteiger partial charge in [0.25, 0.3) is 5.91 Å². The van der Waals surface area contributed by atoms with E-state index in [1.54, 1.807) is 24.3 Å². The zero-order chi connectivity index (χ0) is 19.9. The first-order chi connectivity index (χ1) is 13.5. The van der Waals surface area contributed by atoms with Crippen LogP contribution in [0.15, 0.2) is 72.8 Å². The highest BCUT2D eigenvalue weighted by Crippen LogP contribution is 2.21. The molecule has 6 heteroatoms. The molecule has 1 amide bonds. The highest BCUT2D eigenvalue weighted by molar-refractivity contribution is 6.30. The van der Waals surface area contributed by atoms with E-state index in [0.717, 1.165) is 17.1 Å². The molecule has 0 aromatic heterocycles. The van der Waals surface area contributed by atoms with Gasteiger partial charge in [-0.05, 0) is 72.8 Å². The monoisotopic (exact) mass is 395 g/mol. The van der Waals surface area contributed by atoms with Crippen LogP contribution in [-0.2, 0) is 4.79 Å². The van der Waals surface area contributed by atoms with Crippen molar-refractivity contribution in [2.75, 3.05) is 36.2 Å². The molecule has 0 saturated heterocycles. The Morgan fingerprint density at radius 1 is 0.857 bits per heavy atom. The summed E-state index contributed by atoms with van der Waals surface area (Å²) in [6.45, 7) is -0.0696. The van der Waals surface area contributed by atoms with Gasteiger partial charge in [0, 0.05) is 41.9 Å². The zero-order valence-electron chi connectivity index (χ0n) is 15.8. The van der Waals surface area contributed by atoms with E-state index in [9.17, 15) is 4.79 Å². The molecular weight excluding hydrogens is 374 g/mol. The molecule has 28 heavy (non-hydrogen) atoms. The van der Waals surface area contributed by atoms with Gasteiger partial charge in [0.2, 0.25) is 0 Å². The molecule has 0 saturated carbocycles. The number of hydrogen-bond acceptors (Lipinski definition) is 4. The summed E-state index contributed by atoms with van der Waals surface area (Å²) in [6, 6.07) is 22.6. The van der Waals surface area contributed by atoms with Crippen LogP contribution in [-0.4, -0.2) is 26.6 Å². The summed E-state index contributed by atoms with van der Waals surface area (Å²) in [4.78, 5) is 14.1. The maximum absolute atomic E-state index is 12.0. The van der Waals surface area contributed by atoms with Crippen molar-refractivity contribution in [3.63, 3.8) is 0 Å². The van der Waals surface area contributed by atoms with Crippen LogP contribution in [0.2, 0.25) is 5.02 Å². The Morgan fingerprint density at radius 3 is 1.96 bits per heavy atom. The van der Waals surface area contributed by atoms with Gasteiger partial charge in [0.15, 0.2) is 6.61 Å². The summed E-state index contributed by atoms with van der Waals surface area (Å²) >= 11 is 5.82. The van der Waals surface area contributed by atoms with Gasteiger partial charge in [-0.2, -0.15) is 0 Å². The van der Waals surface area contributed by atoms with Gasteiger partial charge < -0.3 is 20.3 Å². The number of amides is 1. The van der Waals surface area contributed by atoms with Crippen molar-refractivity contribution >= 4 is 40.3 Å². The summed E-state index contributed by atoms with van der Waals surface area (Å²) in [5, 5.41) is 6.77. The minimum absolute atomic E-state index is 0.0696. The molecule has 0 atom stereocenters. The molecule has 2 N–H and O–H groups in total. The summed E-state index contributed by atoms with van der Waals surface area (Å²) in [5.74, 6) is 0.370. The second kappa shape index (κ2) is 9.15. The van der Waals surface area contributed by atoms with Gasteiger partial charge in [-0.3, -0.25) is 4.79 Å². The van der Waals surface area contributed by atoms with Gasteiger partial charge in [-0.25, -0.2) is 0 Å². The van der Waals surface area contributed by atoms with Crippen LogP contribution in [0.3, 0.4) is 0 Å². The van der Waals surface area contributed by atoms with Crippen LogP contribution in [0.1, 0.15) is 0 Å². The third-order valence-electron chi connectivity index (χ3n) is 4.02. The Balaban J connectivity index is 1.50. The molecule has 0 spiro atoms. The number of carbonyl (C=O) groups is 1. The van der Waals surface area contributed by atoms with Crippen molar-refractivity contribution in [3.8, 4) is 5.75 Å². The molecular formula is C22H22ClN3O2. The number of benzene rings is 3. The maximum atomic E-state index is 12.0. The first kappa shape index (κ1) is 19.6. The second-order valence-electron chi connectivity index (χ2n) is 6.43. The molecule has 0 unspecified atom stereocenters. The van der Waals surface area contributed by atoms with Gasteiger partial charge in [0.1, 0.15) is 5.75 Å². The smallest absolute Gasteiger partial charge is 0.262 e. The molecule has 3 rings (SSSR count). The predicted octanol–water partition coefficient (Wildman–Crippen LogP) is 5.17. The van der Waals surface area contributed by atoms with Crippen molar-refractivity contribution in [2.24, 2.45) is 0 Å². The molecule has 5 nitrogen and oxygen atoms in total. The lowest BCUT2D eigenvalue weighted by Crippen LogP contribution is -2.20. The highest BCUT2D eigenvalue weighted by Gasteiger charge is 2.04. The quantitative estimate of drug-likeness (QED) is 0.579. The summed E-state index contributed by atoms with van der Waals surface area (Å²) in [7, 11) is 4.02. The fourth-order valence-electron chi connectivity index (χ4n) is 2.52. The van der Waals surface area contributed by atoms with Crippen LogP contribution in [0.5, 0.6) is 5.75 Å². The number of nitrogens with one attached hydrogen (secondary N) is 2. The Morgan fingerprint density at radius 2 is 1.39 bits per heavy atom. The van der Waals surface area contributed by atoms with Gasteiger partial charge in [-0.1, -0.05) is 11.6 Å². The summed E-state index contributed by atoms with van der Waals surface area (Å²) in [6.07, 6.45) is 0. The van der Waals surface area contributed by atoms with Crippen molar-refractivity contribution in [2.45, 2.75) is 0 Å². The lowest BCUT2D eigenvalue weighted by molar-refractivity contribution is -0.118. The molecule has 0 bridgehead atoms. The fourth-order valence-corrected chi connectivity index (χ4v) is 2.65. The van der Waals surface area contributed by atoms with Crippen LogP contribution in [0, 0.1) is 0 Å². The largest absolute Gasteiger partial charge is 0.484 e. The third-order valence-corrected chi connectivity index (χ3v) is 4.28. The van der Waals surface area contributed by atoms with Crippen LogP contribution in [0.25, 0.3) is 0 Å². The Bertz CT molecular complexity index is 908. The van der Waals surface area contributed by atoms with Crippen molar-refractivity contribution in [1.82, 2.24) is 0 Å². The van der Waals surface area contributed by atoms with Crippen LogP contribution >= 0.6 is 11.6 Å². The fraction of sp³-hybridized carbons (Fsp3) is 0.136. The zero-order valence-corrected chi connectivity index (χ0v) is 16.5. The van der Waals surface area contributed by atoms with Crippen molar-refractivity contribution < 1.29 is 9.53 Å². The van der Waals surface area contributed by atoms with E-state index in [0.29, 0.717) is 16.5 Å². The predicted molar refractivity (Wildman–Crippen MR) is 116 cm³/mol. The molecule has 0 radical (unpaired) electrons. The van der Waals surface area contributed by atoms with Crippen molar-refractivity contribution in [1.29, 1.82) is 0 Å². The van der Waals surface area contributed by atoms with E-state index in [2.05, 4.69) is 27.7 Å². The first-order valence-corrected chi connectivity index (χ1v) is 9.20. The van der Waals surface area contributed by atoms with E-state index in [4.69, 9.17) is 16.3 Å². The van der Waals surface area contributed by atoms with Gasteiger partial charge in [-0.15, -0.1) is 0 Å². The number of hydrogen-bond donors (Lipinski definition) is 2. The Labute approximate surface area is 169 Å². The van der Waals surface area contributed by atoms with E-state index < -0.39 is 0 Å². The highest BCUT2D eigenvalue weighted by atomic mass is 35.5. The molecule has 0 aliphatic carbocycles. The number of anilines is 4. The van der Waals surface area contributed by atoms with E-state index in [1.165, 1.54) is 0 Å². The second-order valence-corrected chi connectivity index (χ2v) is 6.87. The lowest BCUT2D eigenvalue weighted by Gasteiger charge is -2.13. The first-order valence-electron chi connectivity index (χ1n) is 8.82. The standard InChI is InChI=1S/C22H22ClN3O2/c1-26(2)20-11-9-18(10-12-20)24-17-5-7-19(8-6-17)25-22(27)15-28-21-13-3-16(23)4-14-21/h3-14,24H,15H2,1-2H3,(H,25,27). The normalized spacial score (nSPS) is 10.2. The Hall–Kier alpha value is -3.18. The average Bonchev–Trinajstić information content (AvgIpc) is 2.69. The SMILES string of the molecule is CN(C)c1ccc(Nc2ccc(NC(=O)COc3ccc(Cl)cc3)cc2)cc1. The van der Waals surface area contributed by atoms with Crippen LogP contribution in [0.4, 0.5) is 22.7 Å². The average molecular weight is 396 g/mol. The summed E-state index contributed by atoms with van der Waals surface area (Å²) < 4.78 is 5.44. The van der Waals surface area contributed by atoms with E-state index in [-0.39, 0.29) is 12.5 Å². The van der Waals surface area contributed by atoms with E-state index in [1.807, 2.05) is 50.5 Å². The number of carbonyl (C=O) groups excluding carboxylic acids is 1.